The highest BCUT2D eigenvalue weighted by molar-refractivity contribution is 4.84. The molecule has 1 saturated carbocycles. The number of hydrogen-bond donors (Lipinski definition) is 1. The summed E-state index contributed by atoms with van der Waals surface area (Å²) in [5.74, 6) is 2.66. The second-order valence-corrected chi connectivity index (χ2v) is 3.92. The van der Waals surface area contributed by atoms with Crippen molar-refractivity contribution in [1.29, 1.82) is 0 Å². The molecule has 80 valence electrons. The molecule has 0 unspecified atom stereocenters. The fourth-order valence-electron chi connectivity index (χ4n) is 1.70. The summed E-state index contributed by atoms with van der Waals surface area (Å²) in [6.45, 7) is 6.80. The third-order valence-corrected chi connectivity index (χ3v) is 2.72. The number of terminal acetylenes is 1. The molecule has 0 aliphatic heterocycles. The molecule has 0 aromatic carbocycles. The first kappa shape index (κ1) is 11.6. The minimum absolute atomic E-state index is 0.896. The van der Waals surface area contributed by atoms with Crippen molar-refractivity contribution in [2.24, 2.45) is 0 Å². The molecule has 2 nitrogen and oxygen atoms in total. The molecule has 1 aliphatic rings. The van der Waals surface area contributed by atoms with Gasteiger partial charge in [-0.3, -0.25) is 4.90 Å². The Morgan fingerprint density at radius 1 is 1.43 bits per heavy atom. The summed E-state index contributed by atoms with van der Waals surface area (Å²) in [6, 6.07) is 0.896. The van der Waals surface area contributed by atoms with Crippen molar-refractivity contribution in [3.8, 4) is 12.3 Å². The van der Waals surface area contributed by atoms with Crippen molar-refractivity contribution < 1.29 is 0 Å². The molecule has 14 heavy (non-hydrogen) atoms. The quantitative estimate of drug-likeness (QED) is 0.465. The Morgan fingerprint density at radius 2 is 2.21 bits per heavy atom. The topological polar surface area (TPSA) is 15.3 Å². The third kappa shape index (κ3) is 4.64. The van der Waals surface area contributed by atoms with E-state index in [2.05, 4.69) is 23.1 Å². The highest BCUT2D eigenvalue weighted by atomic mass is 15.2. The lowest BCUT2D eigenvalue weighted by Crippen LogP contribution is -2.33. The molecule has 1 fully saturated rings. The maximum atomic E-state index is 5.17. The van der Waals surface area contributed by atoms with Gasteiger partial charge in [-0.1, -0.05) is 6.92 Å². The van der Waals surface area contributed by atoms with Crippen LogP contribution in [0.15, 0.2) is 0 Å². The van der Waals surface area contributed by atoms with E-state index in [0.717, 1.165) is 32.0 Å². The molecule has 2 heteroatoms. The van der Waals surface area contributed by atoms with Crippen LogP contribution in [0.2, 0.25) is 0 Å². The lowest BCUT2D eigenvalue weighted by molar-refractivity contribution is 0.277. The van der Waals surface area contributed by atoms with Crippen molar-refractivity contribution in [3.05, 3.63) is 0 Å². The summed E-state index contributed by atoms with van der Waals surface area (Å²) < 4.78 is 0. The zero-order chi connectivity index (χ0) is 10.2. The fraction of sp³-hybridized carbons (Fsp3) is 0.833. The highest BCUT2D eigenvalue weighted by Gasteiger charge is 2.26. The van der Waals surface area contributed by atoms with Gasteiger partial charge >= 0.3 is 0 Å². The second kappa shape index (κ2) is 6.86. The first-order valence-electron chi connectivity index (χ1n) is 5.76. The average molecular weight is 194 g/mol. The van der Waals surface area contributed by atoms with Gasteiger partial charge in [-0.05, 0) is 32.4 Å². The Labute approximate surface area is 88.1 Å². The molecule has 1 aliphatic carbocycles. The monoisotopic (exact) mass is 194 g/mol. The van der Waals surface area contributed by atoms with Crippen LogP contribution in [-0.4, -0.2) is 37.1 Å². The van der Waals surface area contributed by atoms with Gasteiger partial charge in [0.2, 0.25) is 0 Å². The minimum atomic E-state index is 0.896. The van der Waals surface area contributed by atoms with Crippen molar-refractivity contribution in [1.82, 2.24) is 10.2 Å². The smallest absolute Gasteiger partial charge is 0.0110 e. The van der Waals surface area contributed by atoms with Crippen LogP contribution >= 0.6 is 0 Å². The molecule has 0 atom stereocenters. The van der Waals surface area contributed by atoms with E-state index in [4.69, 9.17) is 6.42 Å². The summed E-state index contributed by atoms with van der Waals surface area (Å²) in [5.41, 5.74) is 0. The minimum Gasteiger partial charge on any atom is -0.315 e. The van der Waals surface area contributed by atoms with Gasteiger partial charge in [0.1, 0.15) is 0 Å². The number of likely N-dealkylation sites (N-methyl/N-ethyl adjacent to an activating group) is 1. The molecule has 1 N–H and O–H groups in total. The zero-order valence-electron chi connectivity index (χ0n) is 9.26. The molecule has 0 amide bonds. The molecule has 0 saturated heterocycles. The lowest BCUT2D eigenvalue weighted by atomic mass is 10.3. The van der Waals surface area contributed by atoms with Crippen LogP contribution in [0, 0.1) is 12.3 Å². The summed E-state index contributed by atoms with van der Waals surface area (Å²) in [6.07, 6.45) is 9.99. The van der Waals surface area contributed by atoms with E-state index in [1.165, 1.54) is 25.9 Å². The van der Waals surface area contributed by atoms with E-state index in [1.54, 1.807) is 0 Å². The van der Waals surface area contributed by atoms with E-state index in [-0.39, 0.29) is 0 Å². The van der Waals surface area contributed by atoms with E-state index >= 15 is 0 Å². The normalized spacial score (nSPS) is 15.8. The Balaban J connectivity index is 1.89. The molecule has 0 aromatic rings. The highest BCUT2D eigenvalue weighted by Crippen LogP contribution is 2.25. The van der Waals surface area contributed by atoms with Gasteiger partial charge in [-0.2, -0.15) is 0 Å². The molecule has 0 aromatic heterocycles. The van der Waals surface area contributed by atoms with Gasteiger partial charge in [0.15, 0.2) is 0 Å². The maximum absolute atomic E-state index is 5.17. The van der Waals surface area contributed by atoms with Crippen LogP contribution in [0.4, 0.5) is 0 Å². The lowest BCUT2D eigenvalue weighted by Gasteiger charge is -2.19. The van der Waals surface area contributed by atoms with E-state index < -0.39 is 0 Å². The zero-order valence-corrected chi connectivity index (χ0v) is 9.26. The second-order valence-electron chi connectivity index (χ2n) is 3.92. The fourth-order valence-corrected chi connectivity index (χ4v) is 1.70. The molecule has 0 spiro atoms. The number of hydrogen-bond acceptors (Lipinski definition) is 2. The van der Waals surface area contributed by atoms with E-state index in [1.807, 2.05) is 0 Å². The van der Waals surface area contributed by atoms with E-state index in [9.17, 15) is 0 Å². The maximum Gasteiger partial charge on any atom is 0.0110 e. The number of nitrogens with zero attached hydrogens (tertiary/aromatic N) is 1. The molecular weight excluding hydrogens is 172 g/mol. The molecule has 0 heterocycles. The first-order valence-corrected chi connectivity index (χ1v) is 5.76. The molecular formula is C12H22N2. The number of rotatable bonds is 8. The first-order chi connectivity index (χ1) is 6.88. The van der Waals surface area contributed by atoms with Crippen LogP contribution in [0.1, 0.15) is 32.6 Å². The van der Waals surface area contributed by atoms with Gasteiger partial charge < -0.3 is 5.32 Å². The van der Waals surface area contributed by atoms with Crippen LogP contribution in [0.25, 0.3) is 0 Å². The molecule has 0 bridgehead atoms. The predicted octanol–water partition coefficient (Wildman–Crippen LogP) is 1.47. The van der Waals surface area contributed by atoms with E-state index in [0.29, 0.717) is 0 Å². The van der Waals surface area contributed by atoms with Gasteiger partial charge in [0.05, 0.1) is 0 Å². The van der Waals surface area contributed by atoms with Gasteiger partial charge in [0.25, 0.3) is 0 Å². The van der Waals surface area contributed by atoms with Crippen LogP contribution in [0.5, 0.6) is 0 Å². The Morgan fingerprint density at radius 3 is 2.79 bits per heavy atom. The third-order valence-electron chi connectivity index (χ3n) is 2.72. The van der Waals surface area contributed by atoms with Crippen LogP contribution in [-0.2, 0) is 0 Å². The van der Waals surface area contributed by atoms with Gasteiger partial charge in [0, 0.05) is 25.6 Å². The standard InChI is InChI=1S/C12H22N2/c1-3-5-6-9-13-10-11-14(4-2)12-7-8-12/h1,12-13H,4-11H2,2H3. The predicted molar refractivity (Wildman–Crippen MR) is 61.2 cm³/mol. The number of nitrogens with one attached hydrogen (secondary N) is 1. The summed E-state index contributed by atoms with van der Waals surface area (Å²) >= 11 is 0. The largest absolute Gasteiger partial charge is 0.315 e. The van der Waals surface area contributed by atoms with Crippen molar-refractivity contribution in [2.45, 2.75) is 38.6 Å². The SMILES string of the molecule is C#CCCCNCCN(CC)C1CC1. The number of unbranched alkanes of at least 4 members (excludes halogenated alkanes) is 1. The summed E-state index contributed by atoms with van der Waals surface area (Å²) in [5, 5.41) is 3.43. The van der Waals surface area contributed by atoms with Gasteiger partial charge in [-0.15, -0.1) is 12.3 Å². The van der Waals surface area contributed by atoms with Crippen molar-refractivity contribution in [2.75, 3.05) is 26.2 Å². The Kier molecular flexibility index (Phi) is 5.66. The summed E-state index contributed by atoms with van der Waals surface area (Å²) in [4.78, 5) is 2.56. The summed E-state index contributed by atoms with van der Waals surface area (Å²) in [7, 11) is 0. The van der Waals surface area contributed by atoms with Gasteiger partial charge in [-0.25, -0.2) is 0 Å². The average Bonchev–Trinajstić information content (AvgIpc) is 3.01. The molecule has 1 rings (SSSR count). The van der Waals surface area contributed by atoms with Crippen molar-refractivity contribution >= 4 is 0 Å². The van der Waals surface area contributed by atoms with Crippen molar-refractivity contribution in [3.63, 3.8) is 0 Å². The van der Waals surface area contributed by atoms with Crippen LogP contribution < -0.4 is 5.32 Å². The Hall–Kier alpha value is -0.520. The molecule has 0 radical (unpaired) electrons. The van der Waals surface area contributed by atoms with Crippen LogP contribution in [0.3, 0.4) is 0 Å². The Bertz CT molecular complexity index is 179.